The van der Waals surface area contributed by atoms with Crippen molar-refractivity contribution in [3.05, 3.63) is 41.2 Å². The van der Waals surface area contributed by atoms with Crippen molar-refractivity contribution in [1.29, 1.82) is 0 Å². The Morgan fingerprint density at radius 1 is 1.29 bits per heavy atom. The number of hydrogen-bond donors (Lipinski definition) is 1. The van der Waals surface area contributed by atoms with Gasteiger partial charge >= 0.3 is 0 Å². The van der Waals surface area contributed by atoms with Gasteiger partial charge in [-0.15, -0.1) is 0 Å². The minimum atomic E-state index is -3.82. The van der Waals surface area contributed by atoms with Crippen LogP contribution in [0.2, 0.25) is 5.15 Å². The lowest BCUT2D eigenvalue weighted by molar-refractivity contribution is 0.601. The van der Waals surface area contributed by atoms with Crippen LogP contribution in [-0.4, -0.2) is 13.4 Å². The van der Waals surface area contributed by atoms with Crippen LogP contribution < -0.4 is 4.72 Å². The first-order chi connectivity index (χ1) is 9.97. The van der Waals surface area contributed by atoms with Crippen molar-refractivity contribution in [2.24, 2.45) is 8.73 Å². The fourth-order valence-corrected chi connectivity index (χ4v) is 3.85. The number of anilines is 1. The monoisotopic (exact) mass is 340 g/mol. The van der Waals surface area contributed by atoms with Gasteiger partial charge in [0.15, 0.2) is 5.15 Å². The smallest absolute Gasteiger partial charge is 0.264 e. The second kappa shape index (κ2) is 5.21. The molecule has 0 unspecified atom stereocenters. The quantitative estimate of drug-likeness (QED) is 0.740. The first-order valence-electron chi connectivity index (χ1n) is 5.83. The summed E-state index contributed by atoms with van der Waals surface area (Å²) in [5.41, 5.74) is 1.91. The molecule has 9 heteroatoms. The van der Waals surface area contributed by atoms with Crippen LogP contribution in [0.5, 0.6) is 0 Å². The number of benzene rings is 1. The molecule has 1 aromatic heterocycles. The van der Waals surface area contributed by atoms with Gasteiger partial charge in [0.1, 0.15) is 16.3 Å². The Bertz CT molecular complexity index is 905. The molecule has 0 radical (unpaired) electrons. The van der Waals surface area contributed by atoms with Crippen molar-refractivity contribution in [3.8, 4) is 0 Å². The number of hydrogen-bond acceptors (Lipinski definition) is 5. The molecular weight excluding hydrogens is 332 g/mol. The third-order valence-corrected chi connectivity index (χ3v) is 5.00. The van der Waals surface area contributed by atoms with Gasteiger partial charge in [0.2, 0.25) is 0 Å². The normalized spacial score (nSPS) is 12.9. The number of rotatable bonds is 3. The van der Waals surface area contributed by atoms with E-state index in [1.54, 1.807) is 31.3 Å². The first-order valence-corrected chi connectivity index (χ1v) is 8.43. The highest BCUT2D eigenvalue weighted by Gasteiger charge is 2.23. The molecule has 3 rings (SSSR count). The predicted octanol–water partition coefficient (Wildman–Crippen LogP) is 3.57. The fourth-order valence-electron chi connectivity index (χ4n) is 1.82. The lowest BCUT2D eigenvalue weighted by Crippen LogP contribution is -2.13. The van der Waals surface area contributed by atoms with E-state index in [2.05, 4.69) is 18.4 Å². The number of aryl methyl sites for hydroxylation is 1. The van der Waals surface area contributed by atoms with Gasteiger partial charge in [-0.05, 0) is 30.7 Å². The van der Waals surface area contributed by atoms with Crippen molar-refractivity contribution in [2.75, 3.05) is 4.72 Å². The Morgan fingerprint density at radius 2 is 2.10 bits per heavy atom. The molecule has 108 valence electrons. The van der Waals surface area contributed by atoms with Crippen LogP contribution in [0.15, 0.2) is 44.1 Å². The maximum absolute atomic E-state index is 12.5. The Morgan fingerprint density at radius 3 is 2.90 bits per heavy atom. The number of nitrogens with one attached hydrogen (secondary N) is 1. The van der Waals surface area contributed by atoms with Gasteiger partial charge in [-0.1, -0.05) is 17.7 Å². The minimum absolute atomic E-state index is 0.0614. The van der Waals surface area contributed by atoms with Crippen LogP contribution in [0.3, 0.4) is 0 Å². The van der Waals surface area contributed by atoms with Crippen molar-refractivity contribution in [1.82, 2.24) is 4.98 Å². The highest BCUT2D eigenvalue weighted by atomic mass is 35.5. The molecule has 0 saturated heterocycles. The molecule has 1 aliphatic rings. The maximum Gasteiger partial charge on any atom is 0.264 e. The zero-order valence-electron chi connectivity index (χ0n) is 10.7. The van der Waals surface area contributed by atoms with E-state index in [4.69, 9.17) is 11.6 Å². The summed E-state index contributed by atoms with van der Waals surface area (Å²) in [7, 11) is -3.82. The molecule has 2 aromatic rings. The highest BCUT2D eigenvalue weighted by Crippen LogP contribution is 2.38. The van der Waals surface area contributed by atoms with Crippen LogP contribution in [0, 0.1) is 6.92 Å². The number of aromatic nitrogens is 1. The SMILES string of the molecule is Cc1cnc(Cl)c(NS(=O)(=O)c2cccc3c2N=S=N3)c1. The number of pyridine rings is 1. The van der Waals surface area contributed by atoms with Crippen LogP contribution in [-0.2, 0) is 21.4 Å². The number of sulfonamides is 1. The summed E-state index contributed by atoms with van der Waals surface area (Å²) < 4.78 is 35.5. The van der Waals surface area contributed by atoms with Crippen LogP contribution in [0.4, 0.5) is 17.1 Å². The molecule has 0 bridgehead atoms. The molecule has 2 heterocycles. The molecule has 1 N–H and O–H groups in total. The summed E-state index contributed by atoms with van der Waals surface area (Å²) in [6, 6.07) is 6.42. The molecule has 0 fully saturated rings. The van der Waals surface area contributed by atoms with Crippen LogP contribution >= 0.6 is 11.6 Å². The zero-order valence-corrected chi connectivity index (χ0v) is 13.1. The molecular formula is C12H9ClN4O2S2. The molecule has 0 amide bonds. The fraction of sp³-hybridized carbons (Fsp3) is 0.0833. The van der Waals surface area contributed by atoms with Gasteiger partial charge in [0, 0.05) is 6.20 Å². The lowest BCUT2D eigenvalue weighted by Gasteiger charge is -2.11. The average molecular weight is 341 g/mol. The second-order valence-electron chi connectivity index (χ2n) is 4.34. The predicted molar refractivity (Wildman–Crippen MR) is 82.8 cm³/mol. The Labute approximate surface area is 130 Å². The minimum Gasteiger partial charge on any atom is -0.276 e. The van der Waals surface area contributed by atoms with Gasteiger partial charge in [-0.3, -0.25) is 4.72 Å². The van der Waals surface area contributed by atoms with E-state index >= 15 is 0 Å². The summed E-state index contributed by atoms with van der Waals surface area (Å²) in [5.74, 6) is 0. The standard InChI is InChI=1S/C12H9ClN4O2S2/c1-7-5-9(12(13)14-6-7)17-21(18,19)10-4-2-3-8-11(10)16-20-15-8/h2-6,17H,1H3. The summed E-state index contributed by atoms with van der Waals surface area (Å²) in [6.07, 6.45) is 1.56. The third-order valence-electron chi connectivity index (χ3n) is 2.76. The first kappa shape index (κ1) is 14.2. The summed E-state index contributed by atoms with van der Waals surface area (Å²) in [6.45, 7) is 1.80. The van der Waals surface area contributed by atoms with E-state index in [0.717, 1.165) is 16.9 Å². The van der Waals surface area contributed by atoms with Gasteiger partial charge in [0.25, 0.3) is 10.0 Å². The van der Waals surface area contributed by atoms with E-state index in [0.29, 0.717) is 11.4 Å². The maximum atomic E-state index is 12.5. The topological polar surface area (TPSA) is 83.8 Å². The number of halogens is 1. The van der Waals surface area contributed by atoms with Crippen molar-refractivity contribution in [2.45, 2.75) is 11.8 Å². The summed E-state index contributed by atoms with van der Waals surface area (Å²) >= 11 is 6.89. The molecule has 6 nitrogen and oxygen atoms in total. The Hall–Kier alpha value is -1.77. The number of fused-ring (bicyclic) bond motifs is 1. The van der Waals surface area contributed by atoms with E-state index < -0.39 is 10.0 Å². The molecule has 0 atom stereocenters. The van der Waals surface area contributed by atoms with E-state index in [1.807, 2.05) is 0 Å². The Balaban J connectivity index is 2.05. The van der Waals surface area contributed by atoms with Gasteiger partial charge in [-0.2, -0.15) is 8.73 Å². The summed E-state index contributed by atoms with van der Waals surface area (Å²) in [4.78, 5) is 3.98. The second-order valence-corrected chi connectivity index (χ2v) is 6.88. The third kappa shape index (κ3) is 2.69. The van der Waals surface area contributed by atoms with E-state index in [9.17, 15) is 8.42 Å². The molecule has 1 aromatic carbocycles. The van der Waals surface area contributed by atoms with Crippen LogP contribution in [0.1, 0.15) is 5.56 Å². The van der Waals surface area contributed by atoms with E-state index in [1.165, 1.54) is 6.07 Å². The summed E-state index contributed by atoms with van der Waals surface area (Å²) in [5, 5.41) is 0.0905. The van der Waals surface area contributed by atoms with Crippen molar-refractivity contribution >= 4 is 50.0 Å². The molecule has 21 heavy (non-hydrogen) atoms. The van der Waals surface area contributed by atoms with Crippen molar-refractivity contribution < 1.29 is 8.42 Å². The van der Waals surface area contributed by atoms with Gasteiger partial charge in [-0.25, -0.2) is 13.4 Å². The number of nitrogens with zero attached hydrogens (tertiary/aromatic N) is 3. The van der Waals surface area contributed by atoms with E-state index in [-0.39, 0.29) is 15.7 Å². The largest absolute Gasteiger partial charge is 0.276 e. The van der Waals surface area contributed by atoms with Crippen molar-refractivity contribution in [3.63, 3.8) is 0 Å². The highest BCUT2D eigenvalue weighted by molar-refractivity contribution is 7.93. The van der Waals surface area contributed by atoms with Gasteiger partial charge < -0.3 is 0 Å². The molecule has 0 aliphatic carbocycles. The molecule has 0 spiro atoms. The Kier molecular flexibility index (Phi) is 3.52. The lowest BCUT2D eigenvalue weighted by atomic mass is 10.3. The van der Waals surface area contributed by atoms with Gasteiger partial charge in [0.05, 0.1) is 17.0 Å². The molecule has 1 aliphatic heterocycles. The van der Waals surface area contributed by atoms with Crippen LogP contribution in [0.25, 0.3) is 0 Å². The average Bonchev–Trinajstić information content (AvgIpc) is 2.90. The molecule has 0 saturated carbocycles. The zero-order chi connectivity index (χ0) is 15.0.